The van der Waals surface area contributed by atoms with E-state index in [4.69, 9.17) is 4.74 Å². The van der Waals surface area contributed by atoms with Crippen molar-refractivity contribution in [3.05, 3.63) is 0 Å². The molecule has 0 aliphatic heterocycles. The lowest BCUT2D eigenvalue weighted by Gasteiger charge is -2.30. The maximum absolute atomic E-state index is 5.54. The van der Waals surface area contributed by atoms with Crippen molar-refractivity contribution in [2.75, 3.05) is 13.2 Å². The molecule has 0 aromatic heterocycles. The normalized spacial score (nSPS) is 20.8. The van der Waals surface area contributed by atoms with Crippen molar-refractivity contribution in [2.24, 2.45) is 5.92 Å². The molecule has 1 rings (SSSR count). The Balaban J connectivity index is 2.28. The topological polar surface area (TPSA) is 21.3 Å². The van der Waals surface area contributed by atoms with E-state index in [1.54, 1.807) is 0 Å². The highest BCUT2D eigenvalue weighted by Gasteiger charge is 2.19. The van der Waals surface area contributed by atoms with Gasteiger partial charge in [0.15, 0.2) is 0 Å². The fourth-order valence-corrected chi connectivity index (χ4v) is 2.25. The summed E-state index contributed by atoms with van der Waals surface area (Å²) < 4.78 is 5.54. The van der Waals surface area contributed by atoms with Gasteiger partial charge in [-0.15, -0.1) is 0 Å². The fraction of sp³-hybridized carbons (Fsp3) is 1.00. The molecule has 0 saturated heterocycles. The van der Waals surface area contributed by atoms with Crippen LogP contribution >= 0.6 is 0 Å². The van der Waals surface area contributed by atoms with Gasteiger partial charge >= 0.3 is 0 Å². The van der Waals surface area contributed by atoms with Crippen molar-refractivity contribution in [3.63, 3.8) is 0 Å². The van der Waals surface area contributed by atoms with E-state index in [9.17, 15) is 0 Å². The molecule has 1 aliphatic carbocycles. The molecule has 1 N–H and O–H groups in total. The highest BCUT2D eigenvalue weighted by molar-refractivity contribution is 4.79. The average molecular weight is 213 g/mol. The van der Waals surface area contributed by atoms with Crippen LogP contribution in [0.3, 0.4) is 0 Å². The van der Waals surface area contributed by atoms with Crippen LogP contribution in [0.2, 0.25) is 0 Å². The van der Waals surface area contributed by atoms with Crippen LogP contribution in [0.1, 0.15) is 52.9 Å². The summed E-state index contributed by atoms with van der Waals surface area (Å²) in [5.74, 6) is 0.665. The van der Waals surface area contributed by atoms with Crippen molar-refractivity contribution in [2.45, 2.75) is 65.0 Å². The zero-order chi connectivity index (χ0) is 11.1. The third kappa shape index (κ3) is 4.98. The van der Waals surface area contributed by atoms with E-state index < -0.39 is 0 Å². The molecule has 15 heavy (non-hydrogen) atoms. The van der Waals surface area contributed by atoms with Crippen LogP contribution in [0.25, 0.3) is 0 Å². The Hall–Kier alpha value is -0.0800. The first-order chi connectivity index (χ1) is 7.24. The van der Waals surface area contributed by atoms with Crippen LogP contribution in [0, 0.1) is 5.92 Å². The Kier molecular flexibility index (Phi) is 6.26. The Morgan fingerprint density at radius 2 is 1.87 bits per heavy atom. The summed E-state index contributed by atoms with van der Waals surface area (Å²) in [5.41, 5.74) is 0. The first-order valence-corrected chi connectivity index (χ1v) is 6.57. The highest BCUT2D eigenvalue weighted by Crippen LogP contribution is 2.19. The van der Waals surface area contributed by atoms with Crippen LogP contribution in [0.4, 0.5) is 0 Å². The molecule has 2 nitrogen and oxygen atoms in total. The van der Waals surface area contributed by atoms with Gasteiger partial charge in [-0.3, -0.25) is 0 Å². The van der Waals surface area contributed by atoms with Crippen LogP contribution in [0.5, 0.6) is 0 Å². The van der Waals surface area contributed by atoms with Gasteiger partial charge in [-0.25, -0.2) is 0 Å². The number of rotatable bonds is 6. The van der Waals surface area contributed by atoms with E-state index >= 15 is 0 Å². The SMILES string of the molecule is CCOCC(NC1CCCCC1)C(C)C. The first-order valence-electron chi connectivity index (χ1n) is 6.57. The monoisotopic (exact) mass is 213 g/mol. The minimum Gasteiger partial charge on any atom is -0.380 e. The molecule has 0 heterocycles. The second-order valence-corrected chi connectivity index (χ2v) is 5.01. The van der Waals surface area contributed by atoms with Crippen LogP contribution in [0.15, 0.2) is 0 Å². The molecule has 1 aliphatic rings. The minimum atomic E-state index is 0.535. The molecule has 1 saturated carbocycles. The van der Waals surface area contributed by atoms with Crippen molar-refractivity contribution in [1.29, 1.82) is 0 Å². The third-order valence-electron chi connectivity index (χ3n) is 3.36. The van der Waals surface area contributed by atoms with Gasteiger partial charge in [0, 0.05) is 18.7 Å². The van der Waals surface area contributed by atoms with Gasteiger partial charge in [-0.05, 0) is 25.7 Å². The van der Waals surface area contributed by atoms with E-state index in [-0.39, 0.29) is 0 Å². The van der Waals surface area contributed by atoms with Crippen molar-refractivity contribution in [3.8, 4) is 0 Å². The number of ether oxygens (including phenoxy) is 1. The predicted octanol–water partition coefficient (Wildman–Crippen LogP) is 2.97. The summed E-state index contributed by atoms with van der Waals surface area (Å²) in [6, 6.07) is 1.28. The van der Waals surface area contributed by atoms with Crippen LogP contribution in [-0.4, -0.2) is 25.3 Å². The zero-order valence-electron chi connectivity index (χ0n) is 10.6. The molecule has 0 radical (unpaired) electrons. The smallest absolute Gasteiger partial charge is 0.0622 e. The summed E-state index contributed by atoms with van der Waals surface area (Å²) in [7, 11) is 0. The van der Waals surface area contributed by atoms with E-state index in [1.807, 2.05) is 0 Å². The summed E-state index contributed by atoms with van der Waals surface area (Å²) in [4.78, 5) is 0. The standard InChI is InChI=1S/C13H27NO/c1-4-15-10-13(11(2)3)14-12-8-6-5-7-9-12/h11-14H,4-10H2,1-3H3. The molecule has 0 spiro atoms. The predicted molar refractivity (Wildman–Crippen MR) is 65.1 cm³/mol. The lowest BCUT2D eigenvalue weighted by molar-refractivity contribution is 0.100. The molecule has 1 atom stereocenters. The van der Waals surface area contributed by atoms with Gasteiger partial charge in [0.05, 0.1) is 6.61 Å². The molecule has 1 fully saturated rings. The summed E-state index contributed by atoms with van der Waals surface area (Å²) in [5, 5.41) is 3.77. The number of hydrogen-bond acceptors (Lipinski definition) is 2. The van der Waals surface area contributed by atoms with Crippen molar-refractivity contribution >= 4 is 0 Å². The lowest BCUT2D eigenvalue weighted by Crippen LogP contribution is -2.45. The van der Waals surface area contributed by atoms with Crippen LogP contribution in [-0.2, 0) is 4.74 Å². The maximum atomic E-state index is 5.54. The van der Waals surface area contributed by atoms with E-state index in [1.165, 1.54) is 32.1 Å². The van der Waals surface area contributed by atoms with Gasteiger partial charge in [0.25, 0.3) is 0 Å². The second kappa shape index (κ2) is 7.24. The Labute approximate surface area is 94.8 Å². The van der Waals surface area contributed by atoms with Gasteiger partial charge in [-0.1, -0.05) is 33.1 Å². The van der Waals surface area contributed by atoms with E-state index in [2.05, 4.69) is 26.1 Å². The van der Waals surface area contributed by atoms with Crippen LogP contribution < -0.4 is 5.32 Å². The number of nitrogens with one attached hydrogen (secondary N) is 1. The molecular formula is C13H27NO. The van der Waals surface area contributed by atoms with Gasteiger partial charge in [0.1, 0.15) is 0 Å². The quantitative estimate of drug-likeness (QED) is 0.732. The van der Waals surface area contributed by atoms with Crippen molar-refractivity contribution < 1.29 is 4.74 Å². The first kappa shape index (κ1) is 13.0. The Bertz CT molecular complexity index is 153. The molecular weight excluding hydrogens is 186 g/mol. The summed E-state index contributed by atoms with van der Waals surface area (Å²) >= 11 is 0. The molecule has 90 valence electrons. The average Bonchev–Trinajstić information content (AvgIpc) is 2.25. The molecule has 2 heteroatoms. The molecule has 0 amide bonds. The maximum Gasteiger partial charge on any atom is 0.0622 e. The largest absolute Gasteiger partial charge is 0.380 e. The second-order valence-electron chi connectivity index (χ2n) is 5.01. The molecule has 0 aromatic carbocycles. The lowest BCUT2D eigenvalue weighted by atomic mass is 9.93. The number of hydrogen-bond donors (Lipinski definition) is 1. The van der Waals surface area contributed by atoms with Gasteiger partial charge in [0.2, 0.25) is 0 Å². The fourth-order valence-electron chi connectivity index (χ4n) is 2.25. The minimum absolute atomic E-state index is 0.535. The molecule has 0 bridgehead atoms. The van der Waals surface area contributed by atoms with E-state index in [0.717, 1.165) is 19.3 Å². The highest BCUT2D eigenvalue weighted by atomic mass is 16.5. The van der Waals surface area contributed by atoms with Crippen molar-refractivity contribution in [1.82, 2.24) is 5.32 Å². The Morgan fingerprint density at radius 1 is 1.20 bits per heavy atom. The summed E-state index contributed by atoms with van der Waals surface area (Å²) in [6.45, 7) is 8.32. The zero-order valence-corrected chi connectivity index (χ0v) is 10.6. The third-order valence-corrected chi connectivity index (χ3v) is 3.36. The van der Waals surface area contributed by atoms with E-state index in [0.29, 0.717) is 12.0 Å². The van der Waals surface area contributed by atoms with Gasteiger partial charge in [-0.2, -0.15) is 0 Å². The summed E-state index contributed by atoms with van der Waals surface area (Å²) in [6.07, 6.45) is 6.94. The molecule has 1 unspecified atom stereocenters. The Morgan fingerprint density at radius 3 is 2.40 bits per heavy atom. The molecule has 0 aromatic rings. The van der Waals surface area contributed by atoms with Gasteiger partial charge < -0.3 is 10.1 Å².